The van der Waals surface area contributed by atoms with E-state index >= 15 is 0 Å². The van der Waals surface area contributed by atoms with Gasteiger partial charge in [0.2, 0.25) is 0 Å². The molecule has 4 nitrogen and oxygen atoms in total. The summed E-state index contributed by atoms with van der Waals surface area (Å²) in [5.41, 5.74) is 0. The number of aliphatic carboxylic acids is 1. The summed E-state index contributed by atoms with van der Waals surface area (Å²) in [6.45, 7) is 1.67. The maximum Gasteiger partial charge on any atom is 0.326 e. The molecule has 0 saturated carbocycles. The van der Waals surface area contributed by atoms with Crippen LogP contribution in [0.1, 0.15) is 13.3 Å². The van der Waals surface area contributed by atoms with Crippen LogP contribution in [0, 0.1) is 0 Å². The van der Waals surface area contributed by atoms with Crippen LogP contribution in [0.2, 0.25) is 0 Å². The molecule has 0 saturated heterocycles. The van der Waals surface area contributed by atoms with Crippen LogP contribution in [0.3, 0.4) is 0 Å². The van der Waals surface area contributed by atoms with Crippen LogP contribution >= 0.6 is 12.6 Å². The van der Waals surface area contributed by atoms with E-state index in [1.54, 1.807) is 6.92 Å². The van der Waals surface area contributed by atoms with E-state index in [1.165, 1.54) is 0 Å². The third-order valence-electron chi connectivity index (χ3n) is 1.00. The van der Waals surface area contributed by atoms with Crippen LogP contribution < -0.4 is 5.32 Å². The van der Waals surface area contributed by atoms with Gasteiger partial charge in [0.1, 0.15) is 6.04 Å². The Bertz CT molecular complexity index is 148. The van der Waals surface area contributed by atoms with E-state index in [0.29, 0.717) is 6.42 Å². The number of rotatable bonds is 3. The number of carbonyl (C=O) groups excluding carboxylic acids is 1. The maximum absolute atomic E-state index is 10.2. The number of carboxylic acid groups (broad SMARTS) is 1. The molecule has 58 valence electrons. The molecule has 0 aliphatic heterocycles. The molecule has 0 heterocycles. The summed E-state index contributed by atoms with van der Waals surface area (Å²) in [6, 6.07) is -0.815. The largest absolute Gasteiger partial charge is 0.480 e. The number of thiol groups is 1. The summed E-state index contributed by atoms with van der Waals surface area (Å²) in [5.74, 6) is -1.04. The molecule has 0 aromatic heterocycles. The Balaban J connectivity index is 3.83. The van der Waals surface area contributed by atoms with Crippen molar-refractivity contribution in [3.05, 3.63) is 0 Å². The maximum atomic E-state index is 10.2. The number of amides is 1. The lowest BCUT2D eigenvalue weighted by atomic mass is 10.2. The molecule has 0 aliphatic rings. The average molecular weight is 163 g/mol. The van der Waals surface area contributed by atoms with Crippen molar-refractivity contribution in [1.82, 2.24) is 5.32 Å². The Morgan fingerprint density at radius 3 is 2.30 bits per heavy atom. The second-order valence-corrected chi connectivity index (χ2v) is 2.15. The molecule has 1 amide bonds. The zero-order valence-corrected chi connectivity index (χ0v) is 6.39. The van der Waals surface area contributed by atoms with Gasteiger partial charge in [-0.1, -0.05) is 19.6 Å². The summed E-state index contributed by atoms with van der Waals surface area (Å²) in [4.78, 5) is 20.4. The molecule has 0 rings (SSSR count). The fourth-order valence-electron chi connectivity index (χ4n) is 0.487. The lowest BCUT2D eigenvalue weighted by Gasteiger charge is -2.08. The first kappa shape index (κ1) is 9.29. The van der Waals surface area contributed by atoms with E-state index in [9.17, 15) is 9.59 Å². The highest BCUT2D eigenvalue weighted by Gasteiger charge is 2.14. The van der Waals surface area contributed by atoms with Gasteiger partial charge < -0.3 is 10.4 Å². The van der Waals surface area contributed by atoms with E-state index in [-0.39, 0.29) is 0 Å². The zero-order valence-electron chi connectivity index (χ0n) is 5.50. The second-order valence-electron chi connectivity index (χ2n) is 1.75. The minimum absolute atomic E-state index is 0.363. The van der Waals surface area contributed by atoms with Gasteiger partial charge >= 0.3 is 5.97 Å². The molecule has 0 bridgehead atoms. The minimum atomic E-state index is -1.04. The fraction of sp³-hybridized carbons (Fsp3) is 0.600. The zero-order chi connectivity index (χ0) is 8.15. The standard InChI is InChI=1S/C5H9NO3S/c1-2-3(4(7)8)6-5(9)10/h3H,2H2,1H3,(H,7,8)(H2,6,9,10). The van der Waals surface area contributed by atoms with Crippen molar-refractivity contribution < 1.29 is 14.7 Å². The van der Waals surface area contributed by atoms with Crippen molar-refractivity contribution in [3.8, 4) is 0 Å². The van der Waals surface area contributed by atoms with Crippen LogP contribution in [0.5, 0.6) is 0 Å². The summed E-state index contributed by atoms with van der Waals surface area (Å²) < 4.78 is 0. The Morgan fingerprint density at radius 1 is 1.70 bits per heavy atom. The third kappa shape index (κ3) is 3.34. The van der Waals surface area contributed by atoms with Crippen molar-refractivity contribution in [2.75, 3.05) is 0 Å². The highest BCUT2D eigenvalue weighted by molar-refractivity contribution is 7.96. The highest BCUT2D eigenvalue weighted by atomic mass is 32.1. The van der Waals surface area contributed by atoms with Gasteiger partial charge in [0.05, 0.1) is 0 Å². The van der Waals surface area contributed by atoms with Gasteiger partial charge in [-0.25, -0.2) is 4.79 Å². The van der Waals surface area contributed by atoms with E-state index in [4.69, 9.17) is 5.11 Å². The van der Waals surface area contributed by atoms with E-state index in [2.05, 4.69) is 17.9 Å². The van der Waals surface area contributed by atoms with Crippen molar-refractivity contribution in [3.63, 3.8) is 0 Å². The van der Waals surface area contributed by atoms with Gasteiger partial charge in [0, 0.05) is 0 Å². The van der Waals surface area contributed by atoms with Crippen LogP contribution in [0.25, 0.3) is 0 Å². The topological polar surface area (TPSA) is 66.4 Å². The molecular formula is C5H9NO3S. The Morgan fingerprint density at radius 2 is 2.20 bits per heavy atom. The molecule has 0 fully saturated rings. The molecule has 1 unspecified atom stereocenters. The Hall–Kier alpha value is -0.710. The number of hydrogen-bond donors (Lipinski definition) is 3. The number of hydrogen-bond acceptors (Lipinski definition) is 2. The first-order chi connectivity index (χ1) is 4.57. The summed E-state index contributed by atoms with van der Waals surface area (Å²) in [7, 11) is 0. The molecule has 1 atom stereocenters. The normalized spacial score (nSPS) is 12.2. The molecule has 2 N–H and O–H groups in total. The molecule has 0 spiro atoms. The molecule has 0 aromatic rings. The minimum Gasteiger partial charge on any atom is -0.480 e. The van der Waals surface area contributed by atoms with E-state index in [0.717, 1.165) is 0 Å². The monoisotopic (exact) mass is 163 g/mol. The SMILES string of the molecule is CCC(NC(=O)S)C(=O)O. The fourth-order valence-corrected chi connectivity index (χ4v) is 0.643. The quantitative estimate of drug-likeness (QED) is 0.530. The lowest BCUT2D eigenvalue weighted by molar-refractivity contribution is -0.139. The smallest absolute Gasteiger partial charge is 0.326 e. The first-order valence-electron chi connectivity index (χ1n) is 2.80. The van der Waals surface area contributed by atoms with Crippen molar-refractivity contribution >= 4 is 23.8 Å². The molecule has 0 radical (unpaired) electrons. The first-order valence-corrected chi connectivity index (χ1v) is 3.25. The number of nitrogens with one attached hydrogen (secondary N) is 1. The summed E-state index contributed by atoms with van der Waals surface area (Å²) >= 11 is 3.37. The molecule has 10 heavy (non-hydrogen) atoms. The molecular weight excluding hydrogens is 154 g/mol. The van der Waals surface area contributed by atoms with Gasteiger partial charge in [-0.2, -0.15) is 0 Å². The number of carboxylic acids is 1. The van der Waals surface area contributed by atoms with E-state index in [1.807, 2.05) is 0 Å². The van der Waals surface area contributed by atoms with Crippen LogP contribution in [-0.2, 0) is 4.79 Å². The summed E-state index contributed by atoms with van der Waals surface area (Å²) in [6.07, 6.45) is 0.363. The third-order valence-corrected chi connectivity index (χ3v) is 1.13. The Kier molecular flexibility index (Phi) is 3.87. The van der Waals surface area contributed by atoms with Crippen molar-refractivity contribution in [2.45, 2.75) is 19.4 Å². The summed E-state index contributed by atoms with van der Waals surface area (Å²) in [5, 5.41) is 9.91. The van der Waals surface area contributed by atoms with Gasteiger partial charge in [0.15, 0.2) is 0 Å². The van der Waals surface area contributed by atoms with Gasteiger partial charge in [-0.3, -0.25) is 4.79 Å². The molecule has 5 heteroatoms. The second kappa shape index (κ2) is 4.16. The van der Waals surface area contributed by atoms with Crippen molar-refractivity contribution in [1.29, 1.82) is 0 Å². The number of carbonyl (C=O) groups is 2. The van der Waals surface area contributed by atoms with Crippen LogP contribution in [0.15, 0.2) is 0 Å². The average Bonchev–Trinajstić information content (AvgIpc) is 1.81. The predicted octanol–water partition coefficient (Wildman–Crippen LogP) is 0.489. The van der Waals surface area contributed by atoms with Crippen LogP contribution in [0.4, 0.5) is 4.79 Å². The molecule has 0 aromatic carbocycles. The Labute approximate surface area is 64.0 Å². The van der Waals surface area contributed by atoms with Crippen LogP contribution in [-0.4, -0.2) is 22.4 Å². The lowest BCUT2D eigenvalue weighted by Crippen LogP contribution is -2.37. The van der Waals surface area contributed by atoms with Gasteiger partial charge in [-0.05, 0) is 6.42 Å². The van der Waals surface area contributed by atoms with E-state index < -0.39 is 17.3 Å². The predicted molar refractivity (Wildman–Crippen MR) is 39.2 cm³/mol. The molecule has 0 aliphatic carbocycles. The van der Waals surface area contributed by atoms with Gasteiger partial charge in [-0.15, -0.1) is 0 Å². The van der Waals surface area contributed by atoms with Crippen molar-refractivity contribution in [2.24, 2.45) is 0 Å². The van der Waals surface area contributed by atoms with Gasteiger partial charge in [0.25, 0.3) is 5.24 Å². The highest BCUT2D eigenvalue weighted by Crippen LogP contribution is 1.91.